The minimum absolute atomic E-state index is 0.0697. The summed E-state index contributed by atoms with van der Waals surface area (Å²) in [6, 6.07) is 2.52. The Bertz CT molecular complexity index is 971. The van der Waals surface area contributed by atoms with Gasteiger partial charge in [0.15, 0.2) is 0 Å². The Kier molecular flexibility index (Phi) is 12.2. The molecule has 0 radical (unpaired) electrons. The summed E-state index contributed by atoms with van der Waals surface area (Å²) >= 11 is 0. The first kappa shape index (κ1) is 32.0. The molecule has 1 heterocycles. The van der Waals surface area contributed by atoms with Crippen molar-refractivity contribution in [2.45, 2.75) is 84.5 Å². The van der Waals surface area contributed by atoms with Gasteiger partial charge in [0.1, 0.15) is 29.9 Å². The molecule has 0 bridgehead atoms. The smallest absolute Gasteiger partial charge is 0.326 e. The maximum absolute atomic E-state index is 13.5. The van der Waals surface area contributed by atoms with Crippen LogP contribution in [0.25, 0.3) is 0 Å². The monoisotopic (exact) mass is 548 g/mol. The minimum atomic E-state index is -1.14. The van der Waals surface area contributed by atoms with Crippen LogP contribution in [-0.2, 0) is 30.3 Å². The first-order chi connectivity index (χ1) is 18.3. The summed E-state index contributed by atoms with van der Waals surface area (Å²) < 4.78 is 5.36. The average molecular weight is 549 g/mol. The maximum Gasteiger partial charge on any atom is 0.326 e. The number of carbonyl (C=O) groups is 4. The van der Waals surface area contributed by atoms with E-state index >= 15 is 0 Å². The molecule has 218 valence electrons. The Morgan fingerprint density at radius 1 is 1.05 bits per heavy atom. The summed E-state index contributed by atoms with van der Waals surface area (Å²) in [6.07, 6.45) is 1.51. The number of nitrogens with one attached hydrogen (secondary N) is 4. The summed E-state index contributed by atoms with van der Waals surface area (Å²) in [5.74, 6) is -2.94. The van der Waals surface area contributed by atoms with E-state index < -0.39 is 47.9 Å². The van der Waals surface area contributed by atoms with Crippen LogP contribution in [0.5, 0.6) is 5.75 Å². The van der Waals surface area contributed by atoms with Gasteiger partial charge in [0.05, 0.1) is 13.2 Å². The number of amides is 3. The quantitative estimate of drug-likeness (QED) is 0.215. The van der Waals surface area contributed by atoms with Gasteiger partial charge in [0.25, 0.3) is 0 Å². The van der Waals surface area contributed by atoms with Gasteiger partial charge < -0.3 is 36.2 Å². The van der Waals surface area contributed by atoms with Gasteiger partial charge >= 0.3 is 5.97 Å². The molecule has 0 saturated carbocycles. The van der Waals surface area contributed by atoms with Crippen LogP contribution in [0.1, 0.15) is 59.4 Å². The number of carboxylic acids is 1. The van der Waals surface area contributed by atoms with Crippen LogP contribution >= 0.6 is 0 Å². The second kappa shape index (κ2) is 14.8. The highest BCUT2D eigenvalue weighted by Crippen LogP contribution is 2.22. The third-order valence-corrected chi connectivity index (χ3v) is 6.84. The van der Waals surface area contributed by atoms with Crippen molar-refractivity contribution in [3.63, 3.8) is 0 Å². The van der Waals surface area contributed by atoms with Gasteiger partial charge in [-0.15, -0.1) is 0 Å². The van der Waals surface area contributed by atoms with Crippen LogP contribution < -0.4 is 21.3 Å². The average Bonchev–Trinajstić information content (AvgIpc) is 2.89. The molecule has 5 atom stereocenters. The molecule has 1 aliphatic heterocycles. The molecular formula is C28H44N4O7. The third kappa shape index (κ3) is 10.8. The number of morpholine rings is 1. The van der Waals surface area contributed by atoms with E-state index in [-0.39, 0.29) is 36.5 Å². The highest BCUT2D eigenvalue weighted by Gasteiger charge is 2.33. The lowest BCUT2D eigenvalue weighted by Gasteiger charge is -2.29. The highest BCUT2D eigenvalue weighted by molar-refractivity contribution is 5.94. The second-order valence-electron chi connectivity index (χ2n) is 11.4. The number of rotatable bonds is 13. The van der Waals surface area contributed by atoms with Gasteiger partial charge in [0, 0.05) is 13.0 Å². The van der Waals surface area contributed by atoms with Crippen LogP contribution in [0.4, 0.5) is 0 Å². The molecule has 11 heteroatoms. The fourth-order valence-electron chi connectivity index (χ4n) is 4.14. The Morgan fingerprint density at radius 2 is 1.72 bits per heavy atom. The minimum Gasteiger partial charge on any atom is -0.508 e. The number of ether oxygens (including phenoxy) is 1. The van der Waals surface area contributed by atoms with Gasteiger partial charge in [-0.05, 0) is 41.9 Å². The van der Waals surface area contributed by atoms with E-state index in [1.54, 1.807) is 19.1 Å². The van der Waals surface area contributed by atoms with E-state index in [1.165, 1.54) is 12.1 Å². The molecule has 0 aromatic heterocycles. The molecule has 11 nitrogen and oxygen atoms in total. The highest BCUT2D eigenvalue weighted by atomic mass is 16.5. The summed E-state index contributed by atoms with van der Waals surface area (Å²) in [7, 11) is 0. The first-order valence-corrected chi connectivity index (χ1v) is 13.5. The lowest BCUT2D eigenvalue weighted by atomic mass is 9.88. The predicted octanol–water partition coefficient (Wildman–Crippen LogP) is 1.33. The summed E-state index contributed by atoms with van der Waals surface area (Å²) in [4.78, 5) is 51.6. The van der Waals surface area contributed by atoms with Crippen molar-refractivity contribution in [1.82, 2.24) is 21.3 Å². The number of aliphatic carboxylic acids is 1. The normalized spacial score (nSPS) is 18.7. The lowest BCUT2D eigenvalue weighted by molar-refractivity contribution is -0.143. The molecule has 0 spiro atoms. The lowest BCUT2D eigenvalue weighted by Crippen LogP contribution is -2.60. The number of phenols is 1. The van der Waals surface area contributed by atoms with Crippen molar-refractivity contribution in [1.29, 1.82) is 0 Å². The fourth-order valence-corrected chi connectivity index (χ4v) is 4.14. The van der Waals surface area contributed by atoms with E-state index in [4.69, 9.17) is 4.74 Å². The molecule has 1 saturated heterocycles. The van der Waals surface area contributed by atoms with Crippen LogP contribution in [0.2, 0.25) is 0 Å². The van der Waals surface area contributed by atoms with Crippen LogP contribution in [0.15, 0.2) is 24.3 Å². The molecule has 6 N–H and O–H groups in total. The molecule has 39 heavy (non-hydrogen) atoms. The molecule has 2 rings (SSSR count). The van der Waals surface area contributed by atoms with Crippen LogP contribution in [-0.4, -0.2) is 77.8 Å². The first-order valence-electron chi connectivity index (χ1n) is 13.5. The molecule has 3 amide bonds. The number of hydrogen-bond donors (Lipinski definition) is 6. The Balaban J connectivity index is 2.21. The van der Waals surface area contributed by atoms with Gasteiger partial charge in [-0.2, -0.15) is 0 Å². The van der Waals surface area contributed by atoms with Crippen molar-refractivity contribution in [2.24, 2.45) is 11.3 Å². The van der Waals surface area contributed by atoms with Gasteiger partial charge in [0.2, 0.25) is 17.7 Å². The van der Waals surface area contributed by atoms with Crippen molar-refractivity contribution in [3.8, 4) is 5.75 Å². The molecule has 1 aliphatic rings. The fraction of sp³-hybridized carbons (Fsp3) is 0.643. The number of phenolic OH excluding ortho intramolecular Hbond substituents is 1. The predicted molar refractivity (Wildman–Crippen MR) is 146 cm³/mol. The van der Waals surface area contributed by atoms with E-state index in [1.807, 2.05) is 27.7 Å². The van der Waals surface area contributed by atoms with Crippen molar-refractivity contribution in [3.05, 3.63) is 29.8 Å². The van der Waals surface area contributed by atoms with Crippen LogP contribution in [0.3, 0.4) is 0 Å². The zero-order chi connectivity index (χ0) is 29.2. The summed E-state index contributed by atoms with van der Waals surface area (Å²) in [5, 5.41) is 30.5. The molecule has 1 aromatic rings. The third-order valence-electron chi connectivity index (χ3n) is 6.84. The number of carbonyl (C=O) groups excluding carboxylic acids is 3. The molecular weight excluding hydrogens is 504 g/mol. The molecule has 1 aromatic carbocycles. The number of aromatic hydroxyl groups is 1. The van der Waals surface area contributed by atoms with Crippen molar-refractivity contribution < 1.29 is 34.1 Å². The Labute approximate surface area is 230 Å². The zero-order valence-electron chi connectivity index (χ0n) is 23.6. The second-order valence-corrected chi connectivity index (χ2v) is 11.4. The van der Waals surface area contributed by atoms with E-state index in [0.717, 1.165) is 0 Å². The van der Waals surface area contributed by atoms with E-state index in [2.05, 4.69) is 21.3 Å². The number of benzene rings is 1. The summed E-state index contributed by atoms with van der Waals surface area (Å²) in [6.45, 7) is 10.8. The maximum atomic E-state index is 13.5. The summed E-state index contributed by atoms with van der Waals surface area (Å²) in [5.41, 5.74) is 0.583. The van der Waals surface area contributed by atoms with Crippen molar-refractivity contribution >= 4 is 23.7 Å². The van der Waals surface area contributed by atoms with E-state index in [9.17, 15) is 29.4 Å². The molecule has 1 fully saturated rings. The van der Waals surface area contributed by atoms with Crippen molar-refractivity contribution in [2.75, 3.05) is 19.8 Å². The number of hydrogen-bond acceptors (Lipinski definition) is 7. The van der Waals surface area contributed by atoms with Gasteiger partial charge in [-0.1, -0.05) is 53.2 Å². The van der Waals surface area contributed by atoms with E-state index in [0.29, 0.717) is 31.6 Å². The standard InChI is InChI=1S/C28H44N4O7/c1-6-17(2)23(26(36)30-20(27(37)38)11-12-28(3,4)5)32-24(34)21(15-18-7-9-19(33)10-8-18)31-25(35)22-16-39-14-13-29-22/h7-10,17,20-23,29,33H,6,11-16H2,1-5H3,(H,30,36)(H,31,35)(H,32,34)(H,37,38)/t17?,20?,21?,22-,23?/m1/s1. The number of carboxylic acid groups (broad SMARTS) is 1. The van der Waals surface area contributed by atoms with Crippen LogP contribution in [0, 0.1) is 11.3 Å². The molecule has 0 aliphatic carbocycles. The topological polar surface area (TPSA) is 166 Å². The SMILES string of the molecule is CCC(C)C(NC(=O)C(Cc1ccc(O)cc1)NC(=O)[C@H]1COCCN1)C(=O)NC(CCC(C)(C)C)C(=O)O. The Hall–Kier alpha value is -3.18. The molecule has 4 unspecified atom stereocenters. The largest absolute Gasteiger partial charge is 0.508 e. The zero-order valence-corrected chi connectivity index (χ0v) is 23.6. The Morgan fingerprint density at radius 3 is 2.26 bits per heavy atom. The van der Waals surface area contributed by atoms with Gasteiger partial charge in [-0.3, -0.25) is 14.4 Å². The van der Waals surface area contributed by atoms with Gasteiger partial charge in [-0.25, -0.2) is 4.79 Å².